The molecule has 0 spiro atoms. The second-order valence-corrected chi connectivity index (χ2v) is 4.09. The lowest BCUT2D eigenvalue weighted by Gasteiger charge is -2.02. The molecule has 0 heterocycles. The largest absolute Gasteiger partial charge is 0.288 e. The third-order valence-electron chi connectivity index (χ3n) is 2.78. The van der Waals surface area contributed by atoms with Crippen molar-refractivity contribution in [1.82, 2.24) is 5.48 Å². The maximum absolute atomic E-state index is 10.9. The summed E-state index contributed by atoms with van der Waals surface area (Å²) >= 11 is 0. The zero-order chi connectivity index (χ0) is 14.4. The van der Waals surface area contributed by atoms with E-state index in [1.807, 2.05) is 36.4 Å². The fourth-order valence-electron chi connectivity index (χ4n) is 1.72. The zero-order valence-electron chi connectivity index (χ0n) is 10.6. The van der Waals surface area contributed by atoms with E-state index in [1.165, 1.54) is 11.6 Å². The minimum atomic E-state index is -0.566. The second kappa shape index (κ2) is 6.32. The molecule has 0 unspecified atom stereocenters. The molecular weight excluding hydrogens is 252 g/mol. The number of rotatable bonds is 3. The molecule has 0 fully saturated rings. The van der Waals surface area contributed by atoms with Gasteiger partial charge in [-0.2, -0.15) is 0 Å². The smallest absolute Gasteiger partial charge is 0.267 e. The van der Waals surface area contributed by atoms with Gasteiger partial charge in [-0.15, -0.1) is 0 Å². The number of nitrogens with one attached hydrogen (secondary N) is 1. The van der Waals surface area contributed by atoms with Crippen molar-refractivity contribution in [3.63, 3.8) is 0 Å². The van der Waals surface area contributed by atoms with Crippen molar-refractivity contribution in [1.29, 1.82) is 0 Å². The lowest BCUT2D eigenvalue weighted by molar-refractivity contribution is -0.124. The van der Waals surface area contributed by atoms with Gasteiger partial charge in [-0.1, -0.05) is 48.5 Å². The van der Waals surface area contributed by atoms with Gasteiger partial charge in [0.05, 0.1) is 6.57 Å². The molecule has 0 aliphatic heterocycles. The molecule has 0 radical (unpaired) electrons. The Morgan fingerprint density at radius 1 is 1.05 bits per heavy atom. The van der Waals surface area contributed by atoms with E-state index in [4.69, 9.17) is 11.8 Å². The van der Waals surface area contributed by atoms with Gasteiger partial charge in [0.15, 0.2) is 5.69 Å². The molecule has 4 heteroatoms. The maximum Gasteiger partial charge on any atom is 0.267 e. The average molecular weight is 264 g/mol. The zero-order valence-corrected chi connectivity index (χ0v) is 10.6. The Labute approximate surface area is 116 Å². The SMILES string of the molecule is [C-]#[N+]c1ccc(-c2ccc(C=CC(=O)NO)cc2)cc1. The van der Waals surface area contributed by atoms with E-state index >= 15 is 0 Å². The number of amides is 1. The van der Waals surface area contributed by atoms with Crippen LogP contribution >= 0.6 is 0 Å². The number of benzene rings is 2. The Bertz CT molecular complexity index is 665. The van der Waals surface area contributed by atoms with Crippen molar-refractivity contribution >= 4 is 17.7 Å². The monoisotopic (exact) mass is 264 g/mol. The Morgan fingerprint density at radius 2 is 1.60 bits per heavy atom. The molecule has 2 rings (SSSR count). The van der Waals surface area contributed by atoms with E-state index in [0.717, 1.165) is 16.7 Å². The molecule has 2 aromatic rings. The van der Waals surface area contributed by atoms with Crippen molar-refractivity contribution in [2.24, 2.45) is 0 Å². The average Bonchev–Trinajstić information content (AvgIpc) is 2.53. The van der Waals surface area contributed by atoms with Crippen LogP contribution < -0.4 is 5.48 Å². The van der Waals surface area contributed by atoms with E-state index < -0.39 is 5.91 Å². The lowest BCUT2D eigenvalue weighted by atomic mass is 10.0. The highest BCUT2D eigenvalue weighted by atomic mass is 16.5. The molecular formula is C16H12N2O2. The fourth-order valence-corrected chi connectivity index (χ4v) is 1.72. The topological polar surface area (TPSA) is 53.7 Å². The van der Waals surface area contributed by atoms with E-state index in [1.54, 1.807) is 18.2 Å². The van der Waals surface area contributed by atoms with E-state index in [0.29, 0.717) is 5.69 Å². The summed E-state index contributed by atoms with van der Waals surface area (Å²) in [6.45, 7) is 6.91. The number of carbonyl (C=O) groups excluding carboxylic acids is 1. The van der Waals surface area contributed by atoms with Crippen LogP contribution in [0.2, 0.25) is 0 Å². The van der Waals surface area contributed by atoms with Crippen LogP contribution in [0.3, 0.4) is 0 Å². The first-order chi connectivity index (χ1) is 9.72. The van der Waals surface area contributed by atoms with Gasteiger partial charge < -0.3 is 0 Å². The molecule has 2 aromatic carbocycles. The normalized spacial score (nSPS) is 10.2. The predicted molar refractivity (Wildman–Crippen MR) is 77.1 cm³/mol. The van der Waals surface area contributed by atoms with Crippen LogP contribution in [-0.2, 0) is 4.79 Å². The van der Waals surface area contributed by atoms with Crippen LogP contribution in [0, 0.1) is 6.57 Å². The lowest BCUT2D eigenvalue weighted by Crippen LogP contribution is -2.14. The van der Waals surface area contributed by atoms with Gasteiger partial charge in [-0.25, -0.2) is 10.3 Å². The van der Waals surface area contributed by atoms with Crippen molar-refractivity contribution < 1.29 is 10.0 Å². The summed E-state index contributed by atoms with van der Waals surface area (Å²) in [4.78, 5) is 14.2. The molecule has 0 saturated heterocycles. The van der Waals surface area contributed by atoms with Gasteiger partial charge in [0.1, 0.15) is 0 Å². The number of nitrogens with zero attached hydrogens (tertiary/aromatic N) is 1. The van der Waals surface area contributed by atoms with Crippen molar-refractivity contribution in [3.05, 3.63) is 71.6 Å². The van der Waals surface area contributed by atoms with Gasteiger partial charge in [0.2, 0.25) is 0 Å². The predicted octanol–water partition coefficient (Wildman–Crippen LogP) is 3.42. The summed E-state index contributed by atoms with van der Waals surface area (Å²) in [7, 11) is 0. The fraction of sp³-hybridized carbons (Fsp3) is 0. The molecule has 0 saturated carbocycles. The summed E-state index contributed by atoms with van der Waals surface area (Å²) in [6.07, 6.45) is 2.86. The molecule has 0 bridgehead atoms. The van der Waals surface area contributed by atoms with Crippen LogP contribution in [0.1, 0.15) is 5.56 Å². The van der Waals surface area contributed by atoms with Gasteiger partial charge in [-0.3, -0.25) is 10.0 Å². The second-order valence-electron chi connectivity index (χ2n) is 4.09. The number of carbonyl (C=O) groups is 1. The highest BCUT2D eigenvalue weighted by Crippen LogP contribution is 2.23. The van der Waals surface area contributed by atoms with Crippen LogP contribution in [0.25, 0.3) is 22.0 Å². The Kier molecular flexibility index (Phi) is 4.28. The third-order valence-corrected chi connectivity index (χ3v) is 2.78. The van der Waals surface area contributed by atoms with Crippen molar-refractivity contribution in [2.75, 3.05) is 0 Å². The van der Waals surface area contributed by atoms with Gasteiger partial charge in [0.25, 0.3) is 5.91 Å². The van der Waals surface area contributed by atoms with Crippen LogP contribution in [-0.4, -0.2) is 11.1 Å². The number of hydrogen-bond donors (Lipinski definition) is 2. The van der Waals surface area contributed by atoms with Crippen LogP contribution in [0.4, 0.5) is 5.69 Å². The molecule has 98 valence electrons. The molecule has 0 aromatic heterocycles. The first-order valence-electron chi connectivity index (χ1n) is 5.93. The molecule has 4 nitrogen and oxygen atoms in total. The summed E-state index contributed by atoms with van der Waals surface area (Å²) in [5.74, 6) is -0.566. The maximum atomic E-state index is 10.9. The number of hydrogen-bond acceptors (Lipinski definition) is 2. The molecule has 0 aliphatic carbocycles. The van der Waals surface area contributed by atoms with E-state index in [2.05, 4.69) is 4.85 Å². The van der Waals surface area contributed by atoms with Crippen molar-refractivity contribution in [3.8, 4) is 11.1 Å². The molecule has 0 atom stereocenters. The van der Waals surface area contributed by atoms with Gasteiger partial charge in [0, 0.05) is 6.08 Å². The third kappa shape index (κ3) is 3.31. The summed E-state index contributed by atoms with van der Waals surface area (Å²) in [5.41, 5.74) is 5.07. The first kappa shape index (κ1) is 13.5. The standard InChI is InChI=1S/C16H12N2O2/c1-17-15-9-7-14(8-10-15)13-5-2-12(3-6-13)4-11-16(19)18-20/h2-11,20H,(H,18,19). The first-order valence-corrected chi connectivity index (χ1v) is 5.93. The Hall–Kier alpha value is -2.90. The highest BCUT2D eigenvalue weighted by Gasteiger charge is 1.98. The van der Waals surface area contributed by atoms with Crippen LogP contribution in [0.5, 0.6) is 0 Å². The van der Waals surface area contributed by atoms with Gasteiger partial charge >= 0.3 is 0 Å². The Balaban J connectivity index is 2.17. The quantitative estimate of drug-likeness (QED) is 0.386. The number of hydroxylamine groups is 1. The summed E-state index contributed by atoms with van der Waals surface area (Å²) < 4.78 is 0. The molecule has 20 heavy (non-hydrogen) atoms. The molecule has 2 N–H and O–H groups in total. The van der Waals surface area contributed by atoms with Crippen LogP contribution in [0.15, 0.2) is 54.6 Å². The summed E-state index contributed by atoms with van der Waals surface area (Å²) in [6, 6.07) is 15.0. The Morgan fingerprint density at radius 3 is 2.10 bits per heavy atom. The van der Waals surface area contributed by atoms with E-state index in [-0.39, 0.29) is 0 Å². The van der Waals surface area contributed by atoms with E-state index in [9.17, 15) is 4.79 Å². The molecule has 0 aliphatic rings. The van der Waals surface area contributed by atoms with Gasteiger partial charge in [-0.05, 0) is 22.8 Å². The molecule has 1 amide bonds. The summed E-state index contributed by atoms with van der Waals surface area (Å²) in [5, 5.41) is 8.38. The minimum Gasteiger partial charge on any atom is -0.288 e. The minimum absolute atomic E-state index is 0.566. The van der Waals surface area contributed by atoms with Crippen molar-refractivity contribution in [2.45, 2.75) is 0 Å². The highest BCUT2D eigenvalue weighted by molar-refractivity contribution is 5.90.